The molecular formula is C28H26N4O4. The molecule has 2 aliphatic rings. The fourth-order valence-corrected chi connectivity index (χ4v) is 5.22. The topological polar surface area (TPSA) is 87.8 Å². The Kier molecular flexibility index (Phi) is 5.07. The van der Waals surface area contributed by atoms with Crippen LogP contribution in [0.3, 0.4) is 0 Å². The van der Waals surface area contributed by atoms with Crippen molar-refractivity contribution in [2.45, 2.75) is 32.6 Å². The van der Waals surface area contributed by atoms with E-state index in [-0.39, 0.29) is 11.2 Å². The third-order valence-electron chi connectivity index (χ3n) is 6.84. The van der Waals surface area contributed by atoms with E-state index in [9.17, 15) is 4.79 Å². The third-order valence-corrected chi connectivity index (χ3v) is 6.84. The predicted octanol–water partition coefficient (Wildman–Crippen LogP) is 4.98. The van der Waals surface area contributed by atoms with Crippen LogP contribution < -0.4 is 14.2 Å². The van der Waals surface area contributed by atoms with Crippen molar-refractivity contribution in [2.75, 3.05) is 14.2 Å². The van der Waals surface area contributed by atoms with Gasteiger partial charge in [-0.25, -0.2) is 14.5 Å². The van der Waals surface area contributed by atoms with Crippen molar-refractivity contribution in [3.05, 3.63) is 77.3 Å². The van der Waals surface area contributed by atoms with Gasteiger partial charge >= 0.3 is 0 Å². The van der Waals surface area contributed by atoms with Crippen LogP contribution in [0, 0.1) is 5.41 Å². The fraction of sp³-hybridized carbons (Fsp3) is 0.286. The highest BCUT2D eigenvalue weighted by Gasteiger charge is 2.44. The first-order valence-electron chi connectivity index (χ1n) is 11.9. The maximum absolute atomic E-state index is 13.6. The number of aromatic nitrogens is 4. The van der Waals surface area contributed by atoms with Crippen molar-refractivity contribution >= 4 is 11.4 Å². The second-order valence-corrected chi connectivity index (χ2v) is 9.96. The Bertz CT molecular complexity index is 1540. The molecule has 0 unspecified atom stereocenters. The molecular weight excluding hydrogens is 456 g/mol. The molecule has 2 aromatic heterocycles. The van der Waals surface area contributed by atoms with Crippen molar-refractivity contribution in [1.82, 2.24) is 19.6 Å². The zero-order chi connectivity index (χ0) is 25.0. The number of allylic oxidation sites excluding steroid dienone is 2. The molecule has 6 rings (SSSR count). The summed E-state index contributed by atoms with van der Waals surface area (Å²) in [4.78, 5) is 23.1. The van der Waals surface area contributed by atoms with Gasteiger partial charge in [0.25, 0.3) is 0 Å². The Balaban J connectivity index is 1.61. The second kappa shape index (κ2) is 8.19. The van der Waals surface area contributed by atoms with Crippen molar-refractivity contribution < 1.29 is 19.0 Å². The van der Waals surface area contributed by atoms with Gasteiger partial charge in [0.15, 0.2) is 28.8 Å². The number of hydrogen-bond donors (Lipinski definition) is 0. The van der Waals surface area contributed by atoms with Crippen LogP contribution in [-0.4, -0.2) is 39.6 Å². The Morgan fingerprint density at radius 3 is 2.56 bits per heavy atom. The van der Waals surface area contributed by atoms with E-state index in [4.69, 9.17) is 19.2 Å². The summed E-state index contributed by atoms with van der Waals surface area (Å²) in [7, 11) is 3.20. The van der Waals surface area contributed by atoms with E-state index >= 15 is 0 Å². The van der Waals surface area contributed by atoms with Gasteiger partial charge in [-0.05, 0) is 23.1 Å². The molecule has 0 N–H and O–H groups in total. The zero-order valence-corrected chi connectivity index (χ0v) is 20.6. The Morgan fingerprint density at radius 2 is 1.81 bits per heavy atom. The molecule has 1 atom stereocenters. The first kappa shape index (κ1) is 22.3. The minimum Gasteiger partial charge on any atom is -0.493 e. The monoisotopic (exact) mass is 482 g/mol. The van der Waals surface area contributed by atoms with Gasteiger partial charge in [-0.2, -0.15) is 0 Å². The lowest BCUT2D eigenvalue weighted by atomic mass is 9.70. The van der Waals surface area contributed by atoms with Crippen LogP contribution in [-0.2, 0) is 4.79 Å². The van der Waals surface area contributed by atoms with Crippen LogP contribution in [0.4, 0.5) is 0 Å². The molecule has 8 nitrogen and oxygen atoms in total. The number of ether oxygens (including phenoxy) is 3. The predicted molar refractivity (Wildman–Crippen MR) is 133 cm³/mol. The molecule has 0 amide bonds. The molecule has 0 spiro atoms. The van der Waals surface area contributed by atoms with Gasteiger partial charge in [0, 0.05) is 24.0 Å². The highest BCUT2D eigenvalue weighted by Crippen LogP contribution is 2.51. The summed E-state index contributed by atoms with van der Waals surface area (Å²) in [6.45, 7) is 4.17. The summed E-state index contributed by atoms with van der Waals surface area (Å²) in [5.74, 6) is 2.52. The number of benzene rings is 2. The van der Waals surface area contributed by atoms with Gasteiger partial charge in [0.1, 0.15) is 12.1 Å². The molecule has 1 aliphatic heterocycles. The fourth-order valence-electron chi connectivity index (χ4n) is 5.22. The third kappa shape index (κ3) is 3.52. The Morgan fingerprint density at radius 1 is 1.03 bits per heavy atom. The molecule has 4 aromatic rings. The number of ketones is 1. The molecule has 8 heteroatoms. The second-order valence-electron chi connectivity index (χ2n) is 9.96. The van der Waals surface area contributed by atoms with E-state index in [1.807, 2.05) is 48.5 Å². The molecule has 0 radical (unpaired) electrons. The summed E-state index contributed by atoms with van der Waals surface area (Å²) >= 11 is 0. The maximum Gasteiger partial charge on any atom is 0.228 e. The van der Waals surface area contributed by atoms with E-state index in [2.05, 4.69) is 23.9 Å². The molecule has 0 fully saturated rings. The molecule has 0 saturated heterocycles. The summed E-state index contributed by atoms with van der Waals surface area (Å²) in [6, 6.07) is 15.5. The van der Waals surface area contributed by atoms with Gasteiger partial charge < -0.3 is 14.2 Å². The van der Waals surface area contributed by atoms with Crippen LogP contribution >= 0.6 is 0 Å². The number of fused-ring (bicyclic) bond motifs is 3. The van der Waals surface area contributed by atoms with Crippen LogP contribution in [0.5, 0.6) is 17.4 Å². The average Bonchev–Trinajstić information content (AvgIpc) is 3.31. The van der Waals surface area contributed by atoms with Crippen LogP contribution in [0.25, 0.3) is 17.0 Å². The zero-order valence-electron chi connectivity index (χ0n) is 20.6. The number of Topliss-reactive ketones (excluding diaryl/α,β-unsaturated/α-hetero) is 1. The first-order chi connectivity index (χ1) is 17.4. The highest BCUT2D eigenvalue weighted by molar-refractivity contribution is 6.00. The summed E-state index contributed by atoms with van der Waals surface area (Å²) < 4.78 is 19.0. The highest BCUT2D eigenvalue weighted by atomic mass is 16.5. The minimum atomic E-state index is -0.434. The van der Waals surface area contributed by atoms with Crippen LogP contribution in [0.2, 0.25) is 0 Å². The quantitative estimate of drug-likeness (QED) is 0.406. The molecule has 1 aliphatic carbocycles. The smallest absolute Gasteiger partial charge is 0.228 e. The summed E-state index contributed by atoms with van der Waals surface area (Å²) in [5, 5.41) is 4.67. The van der Waals surface area contributed by atoms with Gasteiger partial charge in [-0.1, -0.05) is 50.2 Å². The number of rotatable bonds is 4. The lowest BCUT2D eigenvalue weighted by Gasteiger charge is -2.37. The lowest BCUT2D eigenvalue weighted by molar-refractivity contribution is -0.118. The number of carbonyl (C=O) groups excluding carboxylic acids is 1. The molecule has 2 aromatic carbocycles. The number of nitrogens with zero attached hydrogens (tertiary/aromatic N) is 4. The maximum atomic E-state index is 13.6. The van der Waals surface area contributed by atoms with Gasteiger partial charge in [0.05, 0.1) is 25.7 Å². The number of hydrogen-bond acceptors (Lipinski definition) is 7. The van der Waals surface area contributed by atoms with E-state index in [0.29, 0.717) is 58.6 Å². The summed E-state index contributed by atoms with van der Waals surface area (Å²) in [6.07, 6.45) is 2.69. The van der Waals surface area contributed by atoms with E-state index in [1.165, 1.54) is 0 Å². The molecule has 0 bridgehead atoms. The first-order valence-corrected chi connectivity index (χ1v) is 11.9. The number of methoxy groups -OCH3 is 2. The van der Waals surface area contributed by atoms with Gasteiger partial charge in [-0.3, -0.25) is 4.79 Å². The van der Waals surface area contributed by atoms with E-state index in [0.717, 1.165) is 11.1 Å². The normalized spacial score (nSPS) is 18.4. The van der Waals surface area contributed by atoms with Crippen molar-refractivity contribution in [3.8, 4) is 28.8 Å². The Hall–Kier alpha value is -4.20. The molecule has 0 saturated carbocycles. The standard InChI is InChI=1S/C28H26N4O4/c1-28(2)13-18(33)23-21(14-28)36-27-24(22(23)17-10-11-19(34-3)20(12-17)35-4)26-30-25(31-32(26)15-29-27)16-8-6-5-7-9-16/h5-12,15,22H,13-14H2,1-4H3/t22-/m1/s1. The van der Waals surface area contributed by atoms with Crippen LogP contribution in [0.15, 0.2) is 66.2 Å². The summed E-state index contributed by atoms with van der Waals surface area (Å²) in [5.41, 5.74) is 3.53. The SMILES string of the molecule is COc1ccc([C@@H]2C3=C(CC(C)(C)CC3=O)Oc3ncn4nc(-c5ccccc5)nc4c32)cc1OC. The van der Waals surface area contributed by atoms with Crippen molar-refractivity contribution in [3.63, 3.8) is 0 Å². The Labute approximate surface area is 208 Å². The van der Waals surface area contributed by atoms with Gasteiger partial charge in [-0.15, -0.1) is 5.10 Å². The largest absolute Gasteiger partial charge is 0.493 e. The average molecular weight is 483 g/mol. The molecule has 3 heterocycles. The number of carbonyl (C=O) groups is 1. The van der Waals surface area contributed by atoms with Crippen LogP contribution in [0.1, 0.15) is 43.7 Å². The minimum absolute atomic E-state index is 0.0662. The van der Waals surface area contributed by atoms with Crippen molar-refractivity contribution in [1.29, 1.82) is 0 Å². The van der Waals surface area contributed by atoms with Crippen molar-refractivity contribution in [2.24, 2.45) is 5.41 Å². The van der Waals surface area contributed by atoms with Gasteiger partial charge in [0.2, 0.25) is 5.88 Å². The lowest BCUT2D eigenvalue weighted by Crippen LogP contribution is -2.33. The molecule has 36 heavy (non-hydrogen) atoms. The van der Waals surface area contributed by atoms with E-state index in [1.54, 1.807) is 25.1 Å². The molecule has 182 valence electrons. The van der Waals surface area contributed by atoms with E-state index < -0.39 is 5.92 Å².